The number of hydrogen-bond donors (Lipinski definition) is 1. The van der Waals surface area contributed by atoms with Gasteiger partial charge in [0.15, 0.2) is 5.69 Å². The summed E-state index contributed by atoms with van der Waals surface area (Å²) in [6.07, 6.45) is 0.206. The van der Waals surface area contributed by atoms with Gasteiger partial charge in [-0.25, -0.2) is 4.79 Å². The fourth-order valence-electron chi connectivity index (χ4n) is 2.82. The summed E-state index contributed by atoms with van der Waals surface area (Å²) >= 11 is 0. The van der Waals surface area contributed by atoms with Crippen LogP contribution in [0.25, 0.3) is 0 Å². The number of nitrogens with one attached hydrogen (secondary N) is 1. The Morgan fingerprint density at radius 1 is 1.35 bits per heavy atom. The highest BCUT2D eigenvalue weighted by Gasteiger charge is 2.30. The van der Waals surface area contributed by atoms with Gasteiger partial charge in [-0.3, -0.25) is 4.79 Å². The molecule has 1 fully saturated rings. The van der Waals surface area contributed by atoms with Crippen LogP contribution in [0.5, 0.6) is 0 Å². The molecule has 7 heteroatoms. The Kier molecular flexibility index (Phi) is 5.55. The largest absolute Gasteiger partial charge is 0.445 e. The molecule has 1 N–H and O–H groups in total. The van der Waals surface area contributed by atoms with E-state index >= 15 is 0 Å². The van der Waals surface area contributed by atoms with E-state index in [1.807, 2.05) is 44.2 Å². The number of alkyl carbamates (subject to hydrolysis) is 1. The fraction of sp³-hybridized carbons (Fsp3) is 0.421. The summed E-state index contributed by atoms with van der Waals surface area (Å²) in [5, 5.41) is 6.66. The van der Waals surface area contributed by atoms with Gasteiger partial charge in [-0.2, -0.15) is 0 Å². The second-order valence-electron chi connectivity index (χ2n) is 6.71. The third-order valence-electron chi connectivity index (χ3n) is 4.33. The molecule has 1 aliphatic heterocycles. The van der Waals surface area contributed by atoms with Gasteiger partial charge in [0, 0.05) is 25.1 Å². The van der Waals surface area contributed by atoms with Gasteiger partial charge in [0.25, 0.3) is 5.91 Å². The number of aromatic nitrogens is 1. The van der Waals surface area contributed by atoms with E-state index in [0.29, 0.717) is 31.0 Å². The highest BCUT2D eigenvalue weighted by Crippen LogP contribution is 2.18. The molecular weight excluding hydrogens is 334 g/mol. The molecule has 1 aliphatic rings. The topological polar surface area (TPSA) is 84.7 Å². The molecule has 3 rings (SSSR count). The Morgan fingerprint density at radius 2 is 2.12 bits per heavy atom. The van der Waals surface area contributed by atoms with Gasteiger partial charge < -0.3 is 19.5 Å². The number of benzene rings is 1. The van der Waals surface area contributed by atoms with Crippen molar-refractivity contribution in [2.75, 3.05) is 13.1 Å². The highest BCUT2D eigenvalue weighted by atomic mass is 16.5. The van der Waals surface area contributed by atoms with Crippen LogP contribution in [0.3, 0.4) is 0 Å². The van der Waals surface area contributed by atoms with Gasteiger partial charge in [-0.1, -0.05) is 49.3 Å². The van der Waals surface area contributed by atoms with Crippen molar-refractivity contribution >= 4 is 12.0 Å². The standard InChI is InChI=1S/C19H23N3O4/c1-13(2)17-10-16(21-26-17)18(23)22-9-8-15(11-22)20-19(24)25-12-14-6-4-3-5-7-14/h3-7,10,13,15H,8-9,11-12H2,1-2H3,(H,20,24)/t15-/m0/s1. The van der Waals surface area contributed by atoms with E-state index in [1.54, 1.807) is 11.0 Å². The van der Waals surface area contributed by atoms with E-state index in [9.17, 15) is 9.59 Å². The maximum absolute atomic E-state index is 12.5. The summed E-state index contributed by atoms with van der Waals surface area (Å²) < 4.78 is 10.4. The average molecular weight is 357 g/mol. The number of nitrogens with zero attached hydrogens (tertiary/aromatic N) is 2. The average Bonchev–Trinajstić information content (AvgIpc) is 3.30. The van der Waals surface area contributed by atoms with Gasteiger partial charge in [-0.05, 0) is 12.0 Å². The number of hydrogen-bond acceptors (Lipinski definition) is 5. The lowest BCUT2D eigenvalue weighted by atomic mass is 10.1. The van der Waals surface area contributed by atoms with Crippen molar-refractivity contribution in [1.82, 2.24) is 15.4 Å². The molecule has 2 aromatic rings. The minimum Gasteiger partial charge on any atom is -0.445 e. The second kappa shape index (κ2) is 8.03. The van der Waals surface area contributed by atoms with Crippen molar-refractivity contribution in [3.63, 3.8) is 0 Å². The summed E-state index contributed by atoms with van der Waals surface area (Å²) in [5.74, 6) is 0.686. The first-order valence-corrected chi connectivity index (χ1v) is 8.76. The zero-order valence-electron chi connectivity index (χ0n) is 15.0. The molecule has 2 heterocycles. The summed E-state index contributed by atoms with van der Waals surface area (Å²) in [6, 6.07) is 11.0. The first-order valence-electron chi connectivity index (χ1n) is 8.76. The van der Waals surface area contributed by atoms with E-state index in [4.69, 9.17) is 9.26 Å². The monoisotopic (exact) mass is 357 g/mol. The van der Waals surface area contributed by atoms with Gasteiger partial charge in [-0.15, -0.1) is 0 Å². The van der Waals surface area contributed by atoms with Crippen molar-refractivity contribution in [3.8, 4) is 0 Å². The van der Waals surface area contributed by atoms with Gasteiger partial charge in [0.2, 0.25) is 0 Å². The summed E-state index contributed by atoms with van der Waals surface area (Å²) in [7, 11) is 0. The molecule has 0 radical (unpaired) electrons. The zero-order chi connectivity index (χ0) is 18.5. The summed E-state index contributed by atoms with van der Waals surface area (Å²) in [4.78, 5) is 26.1. The normalized spacial score (nSPS) is 16.7. The Balaban J connectivity index is 1.47. The van der Waals surface area contributed by atoms with Crippen molar-refractivity contribution in [2.45, 2.75) is 38.8 Å². The lowest BCUT2D eigenvalue weighted by Crippen LogP contribution is -2.38. The fourth-order valence-corrected chi connectivity index (χ4v) is 2.82. The van der Waals surface area contributed by atoms with E-state index in [1.165, 1.54) is 0 Å². The molecular formula is C19H23N3O4. The molecule has 138 valence electrons. The number of carbonyl (C=O) groups is 2. The van der Waals surface area contributed by atoms with Crippen molar-refractivity contribution in [1.29, 1.82) is 0 Å². The molecule has 1 saturated heterocycles. The van der Waals surface area contributed by atoms with Crippen LogP contribution in [0.15, 0.2) is 40.9 Å². The van der Waals surface area contributed by atoms with Crippen LogP contribution >= 0.6 is 0 Å². The predicted octanol–water partition coefficient (Wildman–Crippen LogP) is 2.94. The number of rotatable bonds is 5. The van der Waals surface area contributed by atoms with Crippen LogP contribution in [0.2, 0.25) is 0 Å². The van der Waals surface area contributed by atoms with Crippen molar-refractivity contribution < 1.29 is 18.8 Å². The summed E-state index contributed by atoms with van der Waals surface area (Å²) in [5.41, 5.74) is 1.24. The van der Waals surface area contributed by atoms with Crippen LogP contribution in [0.1, 0.15) is 48.0 Å². The molecule has 2 amide bonds. The van der Waals surface area contributed by atoms with Crippen LogP contribution in [-0.2, 0) is 11.3 Å². The van der Waals surface area contributed by atoms with Crippen molar-refractivity contribution in [3.05, 3.63) is 53.4 Å². The van der Waals surface area contributed by atoms with Crippen molar-refractivity contribution in [2.24, 2.45) is 0 Å². The molecule has 0 saturated carbocycles. The molecule has 1 aromatic heterocycles. The zero-order valence-corrected chi connectivity index (χ0v) is 15.0. The van der Waals surface area contributed by atoms with Crippen LogP contribution < -0.4 is 5.32 Å². The number of carbonyl (C=O) groups excluding carboxylic acids is 2. The molecule has 0 spiro atoms. The Morgan fingerprint density at radius 3 is 2.81 bits per heavy atom. The number of likely N-dealkylation sites (tertiary alicyclic amines) is 1. The highest BCUT2D eigenvalue weighted by molar-refractivity contribution is 5.92. The first kappa shape index (κ1) is 18.0. The minimum atomic E-state index is -0.475. The van der Waals surface area contributed by atoms with Gasteiger partial charge >= 0.3 is 6.09 Å². The van der Waals surface area contributed by atoms with Gasteiger partial charge in [0.05, 0.1) is 6.04 Å². The molecule has 0 bridgehead atoms. The Bertz CT molecular complexity index is 757. The number of amides is 2. The Hall–Kier alpha value is -2.83. The maximum atomic E-state index is 12.5. The van der Waals surface area contributed by atoms with E-state index < -0.39 is 6.09 Å². The second-order valence-corrected chi connectivity index (χ2v) is 6.71. The molecule has 0 aliphatic carbocycles. The third kappa shape index (κ3) is 4.41. The molecule has 0 unspecified atom stereocenters. The van der Waals surface area contributed by atoms with Gasteiger partial charge in [0.1, 0.15) is 12.4 Å². The van der Waals surface area contributed by atoms with E-state index in [0.717, 1.165) is 5.56 Å². The van der Waals surface area contributed by atoms with Crippen LogP contribution in [0, 0.1) is 0 Å². The first-order chi connectivity index (χ1) is 12.5. The lowest BCUT2D eigenvalue weighted by molar-refractivity contribution is 0.0776. The quantitative estimate of drug-likeness (QED) is 0.889. The van der Waals surface area contributed by atoms with Crippen LogP contribution in [-0.4, -0.2) is 41.2 Å². The molecule has 1 aromatic carbocycles. The van der Waals surface area contributed by atoms with Crippen LogP contribution in [0.4, 0.5) is 4.79 Å². The molecule has 1 atom stereocenters. The number of ether oxygens (including phenoxy) is 1. The van der Waals surface area contributed by atoms with E-state index in [-0.39, 0.29) is 24.5 Å². The van der Waals surface area contributed by atoms with E-state index in [2.05, 4.69) is 10.5 Å². The predicted molar refractivity (Wildman–Crippen MR) is 94.7 cm³/mol. The third-order valence-corrected chi connectivity index (χ3v) is 4.33. The molecule has 26 heavy (non-hydrogen) atoms. The minimum absolute atomic E-state index is 0.126. The SMILES string of the molecule is CC(C)c1cc(C(=O)N2CC[C@H](NC(=O)OCc3ccccc3)C2)no1. The maximum Gasteiger partial charge on any atom is 0.407 e. The summed E-state index contributed by atoms with van der Waals surface area (Å²) in [6.45, 7) is 5.17. The Labute approximate surface area is 152 Å². The smallest absolute Gasteiger partial charge is 0.407 e. The lowest BCUT2D eigenvalue weighted by Gasteiger charge is -2.15. The molecule has 7 nitrogen and oxygen atoms in total.